The van der Waals surface area contributed by atoms with Gasteiger partial charge in [-0.3, -0.25) is 9.88 Å². The fraction of sp³-hybridized carbons (Fsp3) is 0.609. The van der Waals surface area contributed by atoms with E-state index in [0.717, 1.165) is 18.8 Å². The van der Waals surface area contributed by atoms with Crippen molar-refractivity contribution in [2.75, 3.05) is 19.7 Å². The fourth-order valence-electron chi connectivity index (χ4n) is 4.90. The number of aryl methyl sites for hydroxylation is 2. The molecule has 2 atom stereocenters. The van der Waals surface area contributed by atoms with E-state index in [1.807, 2.05) is 11.3 Å². The van der Waals surface area contributed by atoms with Gasteiger partial charge in [0, 0.05) is 40.9 Å². The Labute approximate surface area is 167 Å². The van der Waals surface area contributed by atoms with Crippen LogP contribution in [0.25, 0.3) is 0 Å². The average Bonchev–Trinajstić information content (AvgIpc) is 3.11. The minimum absolute atomic E-state index is 0.233. The van der Waals surface area contributed by atoms with E-state index in [9.17, 15) is 0 Å². The molecule has 27 heavy (non-hydrogen) atoms. The van der Waals surface area contributed by atoms with Crippen LogP contribution >= 0.6 is 11.3 Å². The zero-order valence-corrected chi connectivity index (χ0v) is 17.7. The zero-order valence-electron chi connectivity index (χ0n) is 16.9. The Balaban J connectivity index is 1.52. The maximum Gasteiger partial charge on any atom is 0.0615 e. The summed E-state index contributed by atoms with van der Waals surface area (Å²) in [4.78, 5) is 8.83. The van der Waals surface area contributed by atoms with Crippen LogP contribution in [0.15, 0.2) is 35.8 Å². The van der Waals surface area contributed by atoms with Crippen molar-refractivity contribution in [1.82, 2.24) is 9.88 Å². The maximum atomic E-state index is 6.17. The topological polar surface area (TPSA) is 25.4 Å². The summed E-state index contributed by atoms with van der Waals surface area (Å²) < 4.78 is 6.17. The lowest BCUT2D eigenvalue weighted by Crippen LogP contribution is -2.41. The largest absolute Gasteiger partial charge is 0.378 e. The third kappa shape index (κ3) is 3.72. The molecule has 4 rings (SSSR count). The van der Waals surface area contributed by atoms with Gasteiger partial charge in [-0.15, -0.1) is 11.3 Å². The molecule has 0 spiro atoms. The summed E-state index contributed by atoms with van der Waals surface area (Å²) >= 11 is 1.88. The summed E-state index contributed by atoms with van der Waals surface area (Å²) in [5.74, 6) is 0. The lowest BCUT2D eigenvalue weighted by Gasteiger charge is -2.37. The van der Waals surface area contributed by atoms with Crippen LogP contribution in [0.1, 0.15) is 55.7 Å². The lowest BCUT2D eigenvalue weighted by molar-refractivity contribution is -0.0267. The molecule has 4 heteroatoms. The molecule has 0 bridgehead atoms. The van der Waals surface area contributed by atoms with Crippen molar-refractivity contribution < 1.29 is 4.74 Å². The van der Waals surface area contributed by atoms with Crippen molar-refractivity contribution in [3.8, 4) is 0 Å². The SMILES string of the molecule is CCOC(C)[C@@]1(CCc2cccs2)CCN(C2(c3ccc(C)nc3)CC2)C1. The number of likely N-dealkylation sites (tertiary alicyclic amines) is 1. The molecule has 2 aliphatic rings. The first-order valence-corrected chi connectivity index (χ1v) is 11.3. The van der Waals surface area contributed by atoms with Crippen molar-refractivity contribution in [2.45, 2.75) is 64.5 Å². The van der Waals surface area contributed by atoms with Crippen LogP contribution in [-0.4, -0.2) is 35.7 Å². The van der Waals surface area contributed by atoms with Crippen molar-refractivity contribution in [2.24, 2.45) is 5.41 Å². The van der Waals surface area contributed by atoms with Gasteiger partial charge in [-0.2, -0.15) is 0 Å². The Morgan fingerprint density at radius 2 is 2.11 bits per heavy atom. The van der Waals surface area contributed by atoms with E-state index in [-0.39, 0.29) is 11.0 Å². The number of nitrogens with zero attached hydrogens (tertiary/aromatic N) is 2. The van der Waals surface area contributed by atoms with E-state index in [4.69, 9.17) is 4.74 Å². The molecule has 2 aromatic rings. The van der Waals surface area contributed by atoms with E-state index in [1.165, 1.54) is 49.1 Å². The molecule has 2 fully saturated rings. The van der Waals surface area contributed by atoms with E-state index in [1.54, 1.807) is 0 Å². The maximum absolute atomic E-state index is 6.17. The van der Waals surface area contributed by atoms with Crippen molar-refractivity contribution in [1.29, 1.82) is 0 Å². The standard InChI is InChI=1S/C23H32N2OS/c1-4-26-19(3)22(10-9-21-6-5-15-27-21)13-14-25(17-22)23(11-12-23)20-8-7-18(2)24-16-20/h5-8,15-16,19H,4,9-14,17H2,1-3H3/t19?,22-/m0/s1. The number of pyridine rings is 1. The summed E-state index contributed by atoms with van der Waals surface area (Å²) in [7, 11) is 0. The second-order valence-electron chi connectivity index (χ2n) is 8.43. The van der Waals surface area contributed by atoms with E-state index < -0.39 is 0 Å². The van der Waals surface area contributed by atoms with Crippen LogP contribution in [0, 0.1) is 12.3 Å². The molecule has 1 aliphatic carbocycles. The van der Waals surface area contributed by atoms with Crippen molar-refractivity contribution in [3.63, 3.8) is 0 Å². The molecule has 1 saturated heterocycles. The predicted octanol–water partition coefficient (Wildman–Crippen LogP) is 5.19. The van der Waals surface area contributed by atoms with Gasteiger partial charge in [0.15, 0.2) is 0 Å². The zero-order chi connectivity index (χ0) is 18.9. The third-order valence-electron chi connectivity index (χ3n) is 6.89. The molecule has 3 nitrogen and oxygen atoms in total. The van der Waals surface area contributed by atoms with Gasteiger partial charge in [-0.05, 0) is 82.5 Å². The number of thiophene rings is 1. The van der Waals surface area contributed by atoms with Gasteiger partial charge in [0.1, 0.15) is 0 Å². The highest BCUT2D eigenvalue weighted by Gasteiger charge is 2.55. The highest BCUT2D eigenvalue weighted by atomic mass is 32.1. The molecule has 0 N–H and O–H groups in total. The minimum Gasteiger partial charge on any atom is -0.378 e. The third-order valence-corrected chi connectivity index (χ3v) is 7.83. The predicted molar refractivity (Wildman–Crippen MR) is 112 cm³/mol. The Hall–Kier alpha value is -1.23. The van der Waals surface area contributed by atoms with Gasteiger partial charge >= 0.3 is 0 Å². The highest BCUT2D eigenvalue weighted by molar-refractivity contribution is 7.09. The van der Waals surface area contributed by atoms with Gasteiger partial charge in [-0.1, -0.05) is 12.1 Å². The van der Waals surface area contributed by atoms with E-state index in [2.05, 4.69) is 66.5 Å². The van der Waals surface area contributed by atoms with Gasteiger partial charge in [-0.25, -0.2) is 0 Å². The summed E-state index contributed by atoms with van der Waals surface area (Å²) in [5.41, 5.74) is 3.00. The molecule has 0 amide bonds. The normalized spacial score (nSPS) is 25.6. The summed E-state index contributed by atoms with van der Waals surface area (Å²) in [5, 5.41) is 2.19. The van der Waals surface area contributed by atoms with Gasteiger partial charge in [0.2, 0.25) is 0 Å². The highest BCUT2D eigenvalue weighted by Crippen LogP contribution is 2.55. The Morgan fingerprint density at radius 3 is 2.74 bits per heavy atom. The molecule has 1 unspecified atom stereocenters. The first-order chi connectivity index (χ1) is 13.1. The number of aromatic nitrogens is 1. The van der Waals surface area contributed by atoms with Crippen LogP contribution in [0.4, 0.5) is 0 Å². The van der Waals surface area contributed by atoms with Gasteiger partial charge in [0.05, 0.1) is 6.10 Å². The molecule has 2 aromatic heterocycles. The smallest absolute Gasteiger partial charge is 0.0615 e. The quantitative estimate of drug-likeness (QED) is 0.626. The molecular weight excluding hydrogens is 352 g/mol. The van der Waals surface area contributed by atoms with Crippen LogP contribution in [-0.2, 0) is 16.7 Å². The molecule has 0 radical (unpaired) electrons. The molecule has 146 valence electrons. The van der Waals surface area contributed by atoms with Gasteiger partial charge < -0.3 is 4.74 Å². The number of hydrogen-bond acceptors (Lipinski definition) is 4. The molecule has 1 aliphatic heterocycles. The molecule has 3 heterocycles. The summed E-state index contributed by atoms with van der Waals surface area (Å²) in [6.45, 7) is 9.61. The first kappa shape index (κ1) is 19.1. The van der Waals surface area contributed by atoms with Crippen LogP contribution in [0.3, 0.4) is 0 Å². The van der Waals surface area contributed by atoms with E-state index >= 15 is 0 Å². The summed E-state index contributed by atoms with van der Waals surface area (Å²) in [6.07, 6.45) is 8.57. The van der Waals surface area contributed by atoms with Crippen LogP contribution in [0.2, 0.25) is 0 Å². The van der Waals surface area contributed by atoms with Gasteiger partial charge in [0.25, 0.3) is 0 Å². The molecular formula is C23H32N2OS. The first-order valence-electron chi connectivity index (χ1n) is 10.4. The molecule has 0 aromatic carbocycles. The Morgan fingerprint density at radius 1 is 1.26 bits per heavy atom. The van der Waals surface area contributed by atoms with Crippen LogP contribution in [0.5, 0.6) is 0 Å². The van der Waals surface area contributed by atoms with Crippen molar-refractivity contribution >= 4 is 11.3 Å². The van der Waals surface area contributed by atoms with Crippen molar-refractivity contribution in [3.05, 3.63) is 52.0 Å². The Kier molecular flexibility index (Phi) is 5.41. The average molecular weight is 385 g/mol. The minimum atomic E-state index is 0.233. The second-order valence-corrected chi connectivity index (χ2v) is 9.46. The second kappa shape index (κ2) is 7.65. The Bertz CT molecular complexity index is 738. The number of ether oxygens (including phenoxy) is 1. The number of rotatable bonds is 8. The monoisotopic (exact) mass is 384 g/mol. The number of hydrogen-bond donors (Lipinski definition) is 0. The lowest BCUT2D eigenvalue weighted by atomic mass is 9.77. The summed E-state index contributed by atoms with van der Waals surface area (Å²) in [6, 6.07) is 8.91. The molecule has 1 saturated carbocycles. The van der Waals surface area contributed by atoms with Crippen LogP contribution < -0.4 is 0 Å². The van der Waals surface area contributed by atoms with E-state index in [0.29, 0.717) is 6.10 Å². The fourth-order valence-corrected chi connectivity index (χ4v) is 5.61.